The zero-order chi connectivity index (χ0) is 19.4. The lowest BCUT2D eigenvalue weighted by Crippen LogP contribution is -2.30. The lowest BCUT2D eigenvalue weighted by Gasteiger charge is -2.14. The first-order chi connectivity index (χ1) is 12.2. The molecule has 26 heavy (non-hydrogen) atoms. The van der Waals surface area contributed by atoms with Crippen molar-refractivity contribution in [2.45, 2.75) is 39.7 Å². The Balaban J connectivity index is 1.89. The standard InChI is InChI=1S/C18H21Cl2N3O3/c1-10-14(11(2)23(4)22-10)6-8-17(24)26-12(3)18(25)21-16-9-13(19)5-7-15(16)20/h5,7,9,12H,6,8H2,1-4H3,(H,21,25). The van der Waals surface area contributed by atoms with Crippen LogP contribution in [-0.4, -0.2) is 27.8 Å². The van der Waals surface area contributed by atoms with Gasteiger partial charge in [0, 0.05) is 24.2 Å². The summed E-state index contributed by atoms with van der Waals surface area (Å²) in [7, 11) is 1.86. The van der Waals surface area contributed by atoms with Gasteiger partial charge in [0.15, 0.2) is 6.10 Å². The highest BCUT2D eigenvalue weighted by Crippen LogP contribution is 2.25. The molecule has 0 spiro atoms. The van der Waals surface area contributed by atoms with E-state index in [1.807, 2.05) is 20.9 Å². The van der Waals surface area contributed by atoms with Crippen molar-refractivity contribution >= 4 is 40.8 Å². The van der Waals surface area contributed by atoms with Gasteiger partial charge in [-0.2, -0.15) is 5.10 Å². The van der Waals surface area contributed by atoms with Gasteiger partial charge < -0.3 is 10.1 Å². The van der Waals surface area contributed by atoms with Gasteiger partial charge in [0.25, 0.3) is 5.91 Å². The molecular formula is C18H21Cl2N3O3. The number of nitrogens with one attached hydrogen (secondary N) is 1. The molecule has 2 aromatic rings. The lowest BCUT2D eigenvalue weighted by molar-refractivity contribution is -0.153. The molecule has 0 aliphatic heterocycles. The molecular weight excluding hydrogens is 377 g/mol. The molecule has 1 atom stereocenters. The Hall–Kier alpha value is -2.05. The van der Waals surface area contributed by atoms with E-state index in [1.165, 1.54) is 13.0 Å². The Kier molecular flexibility index (Phi) is 6.67. The van der Waals surface area contributed by atoms with Gasteiger partial charge in [-0.25, -0.2) is 0 Å². The summed E-state index contributed by atoms with van der Waals surface area (Å²) in [5, 5.41) is 7.71. The third-order valence-corrected chi connectivity index (χ3v) is 4.67. The van der Waals surface area contributed by atoms with E-state index >= 15 is 0 Å². The SMILES string of the molecule is Cc1nn(C)c(C)c1CCC(=O)OC(C)C(=O)Nc1cc(Cl)ccc1Cl. The van der Waals surface area contributed by atoms with Gasteiger partial charge in [-0.3, -0.25) is 14.3 Å². The van der Waals surface area contributed by atoms with Crippen molar-refractivity contribution in [3.05, 3.63) is 45.2 Å². The van der Waals surface area contributed by atoms with Crippen molar-refractivity contribution in [2.24, 2.45) is 7.05 Å². The fraction of sp³-hybridized carbons (Fsp3) is 0.389. The number of nitrogens with zero attached hydrogens (tertiary/aromatic N) is 2. The van der Waals surface area contributed by atoms with Crippen LogP contribution in [0.5, 0.6) is 0 Å². The number of benzene rings is 1. The van der Waals surface area contributed by atoms with E-state index in [4.69, 9.17) is 27.9 Å². The number of carbonyl (C=O) groups is 2. The first-order valence-corrected chi connectivity index (χ1v) is 8.89. The van der Waals surface area contributed by atoms with E-state index in [0.29, 0.717) is 22.2 Å². The van der Waals surface area contributed by atoms with Gasteiger partial charge >= 0.3 is 5.97 Å². The molecule has 1 aromatic carbocycles. The van der Waals surface area contributed by atoms with Gasteiger partial charge in [-0.1, -0.05) is 23.2 Å². The number of halogens is 2. The minimum Gasteiger partial charge on any atom is -0.453 e. The smallest absolute Gasteiger partial charge is 0.306 e. The highest BCUT2D eigenvalue weighted by Gasteiger charge is 2.20. The number of aryl methyl sites for hydroxylation is 2. The van der Waals surface area contributed by atoms with Crippen LogP contribution in [0.15, 0.2) is 18.2 Å². The summed E-state index contributed by atoms with van der Waals surface area (Å²) in [5.41, 5.74) is 3.29. The summed E-state index contributed by atoms with van der Waals surface area (Å²) >= 11 is 11.9. The fourth-order valence-corrected chi connectivity index (χ4v) is 2.88. The van der Waals surface area contributed by atoms with Gasteiger partial charge in [0.2, 0.25) is 0 Å². The Morgan fingerprint density at radius 1 is 1.31 bits per heavy atom. The average molecular weight is 398 g/mol. The minimum absolute atomic E-state index is 0.170. The predicted octanol–water partition coefficient (Wildman–Crippen LogP) is 3.85. The number of amides is 1. The van der Waals surface area contributed by atoms with Crippen LogP contribution in [0.3, 0.4) is 0 Å². The summed E-state index contributed by atoms with van der Waals surface area (Å²) in [5.74, 6) is -0.927. The van der Waals surface area contributed by atoms with E-state index in [0.717, 1.165) is 17.0 Å². The summed E-state index contributed by atoms with van der Waals surface area (Å²) in [4.78, 5) is 24.3. The van der Waals surface area contributed by atoms with Gasteiger partial charge in [-0.15, -0.1) is 0 Å². The molecule has 2 rings (SSSR count). The van der Waals surface area contributed by atoms with Crippen LogP contribution in [0.4, 0.5) is 5.69 Å². The van der Waals surface area contributed by atoms with Crippen LogP contribution in [0.1, 0.15) is 30.3 Å². The third-order valence-electron chi connectivity index (χ3n) is 4.10. The molecule has 140 valence electrons. The van der Waals surface area contributed by atoms with Crippen molar-refractivity contribution in [1.29, 1.82) is 0 Å². The van der Waals surface area contributed by atoms with Crippen molar-refractivity contribution in [3.8, 4) is 0 Å². The zero-order valence-corrected chi connectivity index (χ0v) is 16.6. The molecule has 8 heteroatoms. The van der Waals surface area contributed by atoms with E-state index < -0.39 is 18.0 Å². The predicted molar refractivity (Wildman–Crippen MR) is 102 cm³/mol. The average Bonchev–Trinajstić information content (AvgIpc) is 2.81. The van der Waals surface area contributed by atoms with E-state index in [1.54, 1.807) is 16.8 Å². The Morgan fingerprint density at radius 3 is 2.62 bits per heavy atom. The molecule has 0 saturated carbocycles. The van der Waals surface area contributed by atoms with E-state index in [-0.39, 0.29) is 6.42 Å². The van der Waals surface area contributed by atoms with Gasteiger partial charge in [0.05, 0.1) is 16.4 Å². The minimum atomic E-state index is -0.950. The molecule has 0 bridgehead atoms. The number of aromatic nitrogens is 2. The molecule has 0 saturated heterocycles. The molecule has 1 amide bonds. The molecule has 0 radical (unpaired) electrons. The largest absolute Gasteiger partial charge is 0.453 e. The van der Waals surface area contributed by atoms with Gasteiger partial charge in [0.1, 0.15) is 0 Å². The number of rotatable bonds is 6. The number of carbonyl (C=O) groups excluding carboxylic acids is 2. The molecule has 0 aliphatic rings. The highest BCUT2D eigenvalue weighted by molar-refractivity contribution is 6.35. The van der Waals surface area contributed by atoms with Crippen molar-refractivity contribution in [1.82, 2.24) is 9.78 Å². The van der Waals surface area contributed by atoms with Crippen LogP contribution >= 0.6 is 23.2 Å². The summed E-state index contributed by atoms with van der Waals surface area (Å²) in [6.45, 7) is 5.36. The van der Waals surface area contributed by atoms with Crippen LogP contribution in [-0.2, 0) is 27.8 Å². The first kappa shape index (κ1) is 20.3. The quantitative estimate of drug-likeness (QED) is 0.751. The summed E-state index contributed by atoms with van der Waals surface area (Å²) < 4.78 is 6.99. The molecule has 6 nitrogen and oxygen atoms in total. The molecule has 0 aliphatic carbocycles. The number of anilines is 1. The second kappa shape index (κ2) is 8.56. The second-order valence-electron chi connectivity index (χ2n) is 6.02. The normalized spacial score (nSPS) is 11.9. The Labute approximate surface area is 162 Å². The van der Waals surface area contributed by atoms with Crippen LogP contribution in [0, 0.1) is 13.8 Å². The summed E-state index contributed by atoms with van der Waals surface area (Å²) in [6, 6.07) is 4.73. The number of ether oxygens (including phenoxy) is 1. The first-order valence-electron chi connectivity index (χ1n) is 8.13. The van der Waals surface area contributed by atoms with Crippen LogP contribution in [0.25, 0.3) is 0 Å². The molecule has 1 N–H and O–H groups in total. The van der Waals surface area contributed by atoms with Gasteiger partial charge in [-0.05, 0) is 51.0 Å². The van der Waals surface area contributed by atoms with E-state index in [9.17, 15) is 9.59 Å². The summed E-state index contributed by atoms with van der Waals surface area (Å²) in [6.07, 6.45) is -0.268. The maximum atomic E-state index is 12.2. The maximum absolute atomic E-state index is 12.2. The third kappa shape index (κ3) is 4.99. The number of hydrogen-bond donors (Lipinski definition) is 1. The maximum Gasteiger partial charge on any atom is 0.306 e. The molecule has 1 aromatic heterocycles. The molecule has 1 unspecified atom stereocenters. The van der Waals surface area contributed by atoms with E-state index in [2.05, 4.69) is 10.4 Å². The number of esters is 1. The Bertz CT molecular complexity index is 833. The fourth-order valence-electron chi connectivity index (χ4n) is 2.54. The Morgan fingerprint density at radius 2 is 2.00 bits per heavy atom. The monoisotopic (exact) mass is 397 g/mol. The van der Waals surface area contributed by atoms with Crippen LogP contribution in [0.2, 0.25) is 10.0 Å². The van der Waals surface area contributed by atoms with Crippen molar-refractivity contribution in [2.75, 3.05) is 5.32 Å². The molecule has 1 heterocycles. The lowest BCUT2D eigenvalue weighted by atomic mass is 10.1. The van der Waals surface area contributed by atoms with Crippen molar-refractivity contribution < 1.29 is 14.3 Å². The molecule has 0 fully saturated rings. The second-order valence-corrected chi connectivity index (χ2v) is 6.86. The zero-order valence-electron chi connectivity index (χ0n) is 15.1. The van der Waals surface area contributed by atoms with Crippen molar-refractivity contribution in [3.63, 3.8) is 0 Å². The van der Waals surface area contributed by atoms with Crippen LogP contribution < -0.4 is 5.32 Å². The topological polar surface area (TPSA) is 73.2 Å². The number of hydrogen-bond acceptors (Lipinski definition) is 4. The highest BCUT2D eigenvalue weighted by atomic mass is 35.5.